The number of nitrogens with one attached hydrogen (secondary N) is 1. The zero-order chi connectivity index (χ0) is 17.1. The number of amides is 2. The molecule has 0 spiro atoms. The second-order valence-electron chi connectivity index (χ2n) is 5.98. The van der Waals surface area contributed by atoms with E-state index in [1.165, 1.54) is 11.3 Å². The fourth-order valence-corrected chi connectivity index (χ4v) is 3.86. The van der Waals surface area contributed by atoms with E-state index < -0.39 is 6.04 Å². The van der Waals surface area contributed by atoms with Crippen LogP contribution in [-0.4, -0.2) is 28.8 Å². The van der Waals surface area contributed by atoms with E-state index in [4.69, 9.17) is 0 Å². The van der Waals surface area contributed by atoms with Crippen LogP contribution in [0, 0.1) is 0 Å². The molecule has 1 unspecified atom stereocenters. The predicted octanol–water partition coefficient (Wildman–Crippen LogP) is 3.82. The molecule has 3 rings (SSSR count). The van der Waals surface area contributed by atoms with Gasteiger partial charge in [-0.2, -0.15) is 0 Å². The minimum Gasteiger partial charge on any atom is -0.340 e. The molecule has 0 radical (unpaired) electrons. The lowest BCUT2D eigenvalue weighted by Crippen LogP contribution is -2.47. The molecule has 1 aromatic heterocycles. The first kappa shape index (κ1) is 17.2. The van der Waals surface area contributed by atoms with Gasteiger partial charge in [-0.05, 0) is 53.4 Å². The largest absolute Gasteiger partial charge is 0.340 e. The van der Waals surface area contributed by atoms with Gasteiger partial charge in [-0.3, -0.25) is 9.59 Å². The number of benzene rings is 1. The second kappa shape index (κ2) is 7.49. The average molecular weight is 407 g/mol. The minimum atomic E-state index is -0.539. The van der Waals surface area contributed by atoms with Gasteiger partial charge in [0.25, 0.3) is 5.91 Å². The zero-order valence-electron chi connectivity index (χ0n) is 13.4. The van der Waals surface area contributed by atoms with E-state index in [9.17, 15) is 9.59 Å². The quantitative estimate of drug-likeness (QED) is 0.792. The van der Waals surface area contributed by atoms with Crippen LogP contribution >= 0.6 is 27.3 Å². The summed E-state index contributed by atoms with van der Waals surface area (Å²) in [5.41, 5.74) is 1.11. The zero-order valence-corrected chi connectivity index (χ0v) is 15.8. The van der Waals surface area contributed by atoms with Crippen molar-refractivity contribution in [1.82, 2.24) is 10.2 Å². The molecule has 2 aromatic rings. The molecule has 24 heavy (non-hydrogen) atoms. The van der Waals surface area contributed by atoms with Gasteiger partial charge in [0.05, 0.1) is 8.66 Å². The van der Waals surface area contributed by atoms with Gasteiger partial charge in [0.1, 0.15) is 6.04 Å². The van der Waals surface area contributed by atoms with E-state index >= 15 is 0 Å². The van der Waals surface area contributed by atoms with Crippen LogP contribution in [0.15, 0.2) is 46.3 Å². The van der Waals surface area contributed by atoms with Gasteiger partial charge in [0, 0.05) is 12.6 Å². The number of halogens is 1. The molecule has 0 saturated heterocycles. The maximum Gasteiger partial charge on any atom is 0.262 e. The molecular formula is C18H19BrN2O2S. The Kier molecular flexibility index (Phi) is 5.36. The van der Waals surface area contributed by atoms with Gasteiger partial charge in [-0.15, -0.1) is 11.3 Å². The molecule has 2 amide bonds. The summed E-state index contributed by atoms with van der Waals surface area (Å²) in [5, 5.41) is 2.82. The first-order chi connectivity index (χ1) is 11.5. The average Bonchev–Trinajstić information content (AvgIpc) is 3.33. The highest BCUT2D eigenvalue weighted by Gasteiger charge is 2.35. The number of carbonyl (C=O) groups excluding carboxylic acids is 2. The Bertz CT molecular complexity index is 728. The number of nitrogens with zero attached hydrogens (tertiary/aromatic N) is 1. The van der Waals surface area contributed by atoms with Crippen molar-refractivity contribution in [2.24, 2.45) is 0 Å². The topological polar surface area (TPSA) is 49.4 Å². The van der Waals surface area contributed by atoms with Crippen LogP contribution in [0.5, 0.6) is 0 Å². The van der Waals surface area contributed by atoms with Gasteiger partial charge in [0.2, 0.25) is 5.91 Å². The van der Waals surface area contributed by atoms with Crippen molar-refractivity contribution in [2.45, 2.75) is 38.4 Å². The van der Waals surface area contributed by atoms with Crippen LogP contribution in [-0.2, 0) is 11.3 Å². The summed E-state index contributed by atoms with van der Waals surface area (Å²) in [5.74, 6) is -0.229. The lowest BCUT2D eigenvalue weighted by atomic mass is 10.2. The van der Waals surface area contributed by atoms with E-state index in [-0.39, 0.29) is 11.8 Å². The van der Waals surface area contributed by atoms with Crippen LogP contribution in [0.25, 0.3) is 0 Å². The third kappa shape index (κ3) is 4.24. The molecule has 6 heteroatoms. The molecule has 1 saturated carbocycles. The van der Waals surface area contributed by atoms with Crippen LogP contribution in [0.4, 0.5) is 0 Å². The van der Waals surface area contributed by atoms with Gasteiger partial charge in [-0.25, -0.2) is 0 Å². The fourth-order valence-electron chi connectivity index (χ4n) is 2.57. The Labute approximate surface area is 154 Å². The minimum absolute atomic E-state index is 0.0228. The molecule has 1 atom stereocenters. The molecule has 1 aliphatic rings. The summed E-state index contributed by atoms with van der Waals surface area (Å²) in [6.45, 7) is 2.35. The van der Waals surface area contributed by atoms with Crippen molar-refractivity contribution in [1.29, 1.82) is 0 Å². The van der Waals surface area contributed by atoms with Crippen molar-refractivity contribution in [3.63, 3.8) is 0 Å². The van der Waals surface area contributed by atoms with Crippen LogP contribution < -0.4 is 5.32 Å². The van der Waals surface area contributed by atoms with Gasteiger partial charge in [-0.1, -0.05) is 30.3 Å². The summed E-state index contributed by atoms with van der Waals surface area (Å²) < 4.78 is 0.898. The SMILES string of the molecule is CC(NC(=O)c1ccc(Br)s1)C(=O)N(Cc1ccccc1)C1CC1. The summed E-state index contributed by atoms with van der Waals surface area (Å²) in [7, 11) is 0. The van der Waals surface area contributed by atoms with Gasteiger partial charge < -0.3 is 10.2 Å². The first-order valence-corrected chi connectivity index (χ1v) is 9.56. The van der Waals surface area contributed by atoms with Crippen molar-refractivity contribution in [3.05, 3.63) is 56.7 Å². The number of rotatable bonds is 6. The summed E-state index contributed by atoms with van der Waals surface area (Å²) >= 11 is 4.71. The Morgan fingerprint density at radius 1 is 1.25 bits per heavy atom. The third-order valence-corrected chi connectivity index (χ3v) is 5.60. The Morgan fingerprint density at radius 3 is 2.54 bits per heavy atom. The molecule has 126 valence electrons. The summed E-state index contributed by atoms with van der Waals surface area (Å²) in [6.07, 6.45) is 2.08. The van der Waals surface area contributed by atoms with Gasteiger partial charge in [0.15, 0.2) is 0 Å². The van der Waals surface area contributed by atoms with Crippen LogP contribution in [0.2, 0.25) is 0 Å². The molecule has 0 aliphatic heterocycles. The first-order valence-electron chi connectivity index (χ1n) is 7.95. The molecule has 4 nitrogen and oxygen atoms in total. The Hall–Kier alpha value is -1.66. The highest BCUT2D eigenvalue weighted by Crippen LogP contribution is 2.29. The summed E-state index contributed by atoms with van der Waals surface area (Å²) in [6, 6.07) is 13.3. The van der Waals surface area contributed by atoms with Crippen molar-refractivity contribution in [3.8, 4) is 0 Å². The molecule has 1 aliphatic carbocycles. The number of hydrogen-bond donors (Lipinski definition) is 1. The van der Waals surface area contributed by atoms with Crippen molar-refractivity contribution < 1.29 is 9.59 Å². The number of thiophene rings is 1. The second-order valence-corrected chi connectivity index (χ2v) is 8.44. The highest BCUT2D eigenvalue weighted by atomic mass is 79.9. The molecule has 1 N–H and O–H groups in total. The lowest BCUT2D eigenvalue weighted by molar-refractivity contribution is -0.134. The molecule has 0 bridgehead atoms. The fraction of sp³-hybridized carbons (Fsp3) is 0.333. The van der Waals surface area contributed by atoms with Crippen molar-refractivity contribution in [2.75, 3.05) is 0 Å². The Morgan fingerprint density at radius 2 is 1.96 bits per heavy atom. The van der Waals surface area contributed by atoms with Crippen molar-refractivity contribution >= 4 is 39.1 Å². The van der Waals surface area contributed by atoms with Crippen LogP contribution in [0.1, 0.15) is 35.0 Å². The molecular weight excluding hydrogens is 388 g/mol. The predicted molar refractivity (Wildman–Crippen MR) is 99.0 cm³/mol. The van der Waals surface area contributed by atoms with Crippen LogP contribution in [0.3, 0.4) is 0 Å². The number of hydrogen-bond acceptors (Lipinski definition) is 3. The number of carbonyl (C=O) groups is 2. The smallest absolute Gasteiger partial charge is 0.262 e. The Balaban J connectivity index is 1.65. The van der Waals surface area contributed by atoms with E-state index in [1.54, 1.807) is 13.0 Å². The normalized spacial score (nSPS) is 14.9. The molecule has 1 aromatic carbocycles. The monoisotopic (exact) mass is 406 g/mol. The highest BCUT2D eigenvalue weighted by molar-refractivity contribution is 9.11. The van der Waals surface area contributed by atoms with E-state index in [1.807, 2.05) is 41.3 Å². The molecule has 1 heterocycles. The molecule has 1 fully saturated rings. The maximum absolute atomic E-state index is 12.8. The van der Waals surface area contributed by atoms with E-state index in [0.717, 1.165) is 22.2 Å². The summed E-state index contributed by atoms with van der Waals surface area (Å²) in [4.78, 5) is 27.5. The van der Waals surface area contributed by atoms with E-state index in [0.29, 0.717) is 17.5 Å². The maximum atomic E-state index is 12.8. The van der Waals surface area contributed by atoms with Gasteiger partial charge >= 0.3 is 0 Å². The van der Waals surface area contributed by atoms with E-state index in [2.05, 4.69) is 21.2 Å². The third-order valence-electron chi connectivity index (χ3n) is 3.98. The standard InChI is InChI=1S/C18H19BrN2O2S/c1-12(20-17(22)15-9-10-16(19)24-15)18(23)21(14-7-8-14)11-13-5-3-2-4-6-13/h2-6,9-10,12,14H,7-8,11H2,1H3,(H,20,22). The lowest BCUT2D eigenvalue weighted by Gasteiger charge is -2.26.